The van der Waals surface area contributed by atoms with E-state index in [0.29, 0.717) is 0 Å². The Bertz CT molecular complexity index is 67.1. The molecule has 0 rings (SSSR count). The zero-order valence-corrected chi connectivity index (χ0v) is 11.8. The van der Waals surface area contributed by atoms with Gasteiger partial charge in [-0.25, -0.2) is 0 Å². The first-order valence-corrected chi connectivity index (χ1v) is 7.58. The first kappa shape index (κ1) is 11.9. The molecule has 2 radical (unpaired) electrons. The predicted octanol–water partition coefficient (Wildman–Crippen LogP) is 1.60. The van der Waals surface area contributed by atoms with E-state index < -0.39 is 16.7 Å². The maximum absolute atomic E-state index is 11.3. The predicted molar refractivity (Wildman–Crippen MR) is 15.2 cm³/mol. The van der Waals surface area contributed by atoms with Crippen LogP contribution >= 0.6 is 0 Å². The van der Waals surface area contributed by atoms with Crippen molar-refractivity contribution in [1.82, 2.24) is 0 Å². The quantitative estimate of drug-likeness (QED) is 0.346. The van der Waals surface area contributed by atoms with Crippen LogP contribution in [0.4, 0.5) is 18.9 Å². The van der Waals surface area contributed by atoms with E-state index in [4.69, 9.17) is 0 Å². The fourth-order valence-corrected chi connectivity index (χ4v) is 0. The summed E-state index contributed by atoms with van der Waals surface area (Å²) in [4.78, 5) is 0. The number of hydrogen-bond donors (Lipinski definition) is 0. The van der Waals surface area contributed by atoms with E-state index >= 15 is 0 Å². The Morgan fingerprint density at radius 3 is 0.625 bits per heavy atom. The second kappa shape index (κ2) is 1.62. The van der Waals surface area contributed by atoms with Gasteiger partial charge >= 0.3 is 63.0 Å². The molecule has 0 aromatic carbocycles. The molecule has 0 saturated heterocycles. The summed E-state index contributed by atoms with van der Waals surface area (Å²) < 4.78 is 59.6. The Morgan fingerprint density at radius 2 is 0.625 bits per heavy atom. The number of halogens is 6. The molecule has 0 N–H and O–H groups in total. The van der Waals surface area contributed by atoms with E-state index in [9.17, 15) is 18.9 Å². The Hall–Kier alpha value is 1.19. The minimum absolute atomic E-state index is 0. The van der Waals surface area contributed by atoms with Crippen molar-refractivity contribution in [3.8, 4) is 0 Å². The molecule has 0 bridgehead atoms. The standard InChI is InChI=1S/6FH.Pb.W.2H/h6*1H;;;;/q;;;;;;;+6;;/p-6. The van der Waals surface area contributed by atoms with Crippen LogP contribution in [0.2, 0.25) is 0 Å². The van der Waals surface area contributed by atoms with Gasteiger partial charge in [0.15, 0.2) is 0 Å². The fraction of sp³-hybridized carbons (Fsp3) is 0. The molecule has 0 atom stereocenters. The zero-order valence-electron chi connectivity index (χ0n) is 3.38. The third-order valence-electron chi connectivity index (χ3n) is 0. The molecule has 8 heavy (non-hydrogen) atoms. The average Bonchev–Trinajstić information content (AvgIpc) is 0.592. The summed E-state index contributed by atoms with van der Waals surface area (Å²) in [5.74, 6) is 0. The van der Waals surface area contributed by atoms with Crippen LogP contribution < -0.4 is 0 Å². The Balaban J connectivity index is 0. The zero-order chi connectivity index (χ0) is 6.41. The molecule has 0 unspecified atom stereocenters. The van der Waals surface area contributed by atoms with Crippen molar-refractivity contribution < 1.29 is 35.7 Å². The van der Waals surface area contributed by atoms with Gasteiger partial charge in [-0.05, 0) is 0 Å². The van der Waals surface area contributed by atoms with Gasteiger partial charge in [0.2, 0.25) is 0 Å². The summed E-state index contributed by atoms with van der Waals surface area (Å²) in [6.07, 6.45) is 0. The van der Waals surface area contributed by atoms with Gasteiger partial charge < -0.3 is 0 Å². The van der Waals surface area contributed by atoms with Gasteiger partial charge in [-0.3, -0.25) is 0 Å². The fourth-order valence-electron chi connectivity index (χ4n) is 0. The summed E-state index contributed by atoms with van der Waals surface area (Å²) in [5.41, 5.74) is 0. The first-order chi connectivity index (χ1) is 2.45. The van der Waals surface area contributed by atoms with Crippen LogP contribution in [0.1, 0.15) is 0 Å². The summed E-state index contributed by atoms with van der Waals surface area (Å²) >= 11 is -11.3. The Morgan fingerprint density at radius 1 is 0.625 bits per heavy atom. The summed E-state index contributed by atoms with van der Waals surface area (Å²) in [7, 11) is 0. The molecule has 0 aromatic heterocycles. The van der Waals surface area contributed by atoms with E-state index in [1.165, 1.54) is 0 Å². The van der Waals surface area contributed by atoms with Crippen molar-refractivity contribution in [2.24, 2.45) is 0 Å². The second-order valence-corrected chi connectivity index (χ2v) is 7.16. The molecule has 8 heteroatoms. The van der Waals surface area contributed by atoms with Crippen molar-refractivity contribution in [1.29, 1.82) is 0 Å². The van der Waals surface area contributed by atoms with Gasteiger partial charge in [0.05, 0.1) is 0 Å². The molecule has 0 aliphatic carbocycles. The van der Waals surface area contributed by atoms with Crippen LogP contribution in [0.3, 0.4) is 0 Å². The topological polar surface area (TPSA) is 0 Å². The molecule has 0 amide bonds. The second-order valence-electron chi connectivity index (χ2n) is 0.875. The molecule has 54 valence electrons. The number of rotatable bonds is 0. The van der Waals surface area contributed by atoms with Crippen LogP contribution in [0.15, 0.2) is 0 Å². The van der Waals surface area contributed by atoms with Gasteiger partial charge in [0.1, 0.15) is 0 Å². The first-order valence-electron chi connectivity index (χ1n) is 0.926. The van der Waals surface area contributed by atoms with Crippen molar-refractivity contribution in [3.05, 3.63) is 0 Å². The normalized spacial score (nSPS) is 20.2. The van der Waals surface area contributed by atoms with E-state index in [1.54, 1.807) is 0 Å². The minimum atomic E-state index is -11.3. The van der Waals surface area contributed by atoms with Crippen molar-refractivity contribution in [2.45, 2.75) is 0 Å². The van der Waals surface area contributed by atoms with Gasteiger partial charge in [-0.15, -0.1) is 0 Å². The van der Waals surface area contributed by atoms with Gasteiger partial charge in [-0.2, -0.15) is 0 Å². The molecule has 0 aliphatic rings. The molecule has 0 heterocycles. The molecule has 0 aromatic rings. The maximum atomic E-state index is 9.93. The number of hydrogen-bond acceptors (Lipinski definition) is 0. The van der Waals surface area contributed by atoms with E-state index in [1.807, 2.05) is 0 Å². The molecular weight excluding hydrogens is 505 g/mol. The molecule has 0 fully saturated rings. The Labute approximate surface area is 62.8 Å². The van der Waals surface area contributed by atoms with E-state index in [2.05, 4.69) is 0 Å². The van der Waals surface area contributed by atoms with E-state index in [-0.39, 0.29) is 27.3 Å². The molecule has 0 saturated carbocycles. The van der Waals surface area contributed by atoms with Crippen LogP contribution in [-0.4, -0.2) is 27.3 Å². The van der Waals surface area contributed by atoms with Gasteiger partial charge in [-0.1, -0.05) is 0 Å². The van der Waals surface area contributed by atoms with Crippen molar-refractivity contribution in [2.75, 3.05) is 0 Å². The third-order valence-corrected chi connectivity index (χ3v) is 0. The van der Waals surface area contributed by atoms with Crippen LogP contribution in [0.5, 0.6) is 0 Å². The summed E-state index contributed by atoms with van der Waals surface area (Å²) in [6, 6.07) is 0. The van der Waals surface area contributed by atoms with Crippen molar-refractivity contribution in [3.63, 3.8) is 0 Å². The monoisotopic (exact) mass is 508 g/mol. The Kier molecular flexibility index (Phi) is 2.41. The molecular formula is H2F6PbW. The molecule has 0 spiro atoms. The van der Waals surface area contributed by atoms with Crippen LogP contribution in [0.25, 0.3) is 0 Å². The van der Waals surface area contributed by atoms with Crippen molar-refractivity contribution >= 4 is 27.3 Å². The van der Waals surface area contributed by atoms with Crippen LogP contribution in [0, 0.1) is 0 Å². The van der Waals surface area contributed by atoms with Gasteiger partial charge in [0, 0.05) is 0 Å². The summed E-state index contributed by atoms with van der Waals surface area (Å²) in [5, 5.41) is 0. The SMILES string of the molecule is [F][W]([F])([F])([F])([F])[F].[PbH2]. The summed E-state index contributed by atoms with van der Waals surface area (Å²) in [6.45, 7) is 0. The molecule has 0 aliphatic heterocycles. The molecule has 0 nitrogen and oxygen atoms in total. The van der Waals surface area contributed by atoms with E-state index in [0.717, 1.165) is 0 Å². The van der Waals surface area contributed by atoms with Gasteiger partial charge in [0.25, 0.3) is 0 Å². The average molecular weight is 507 g/mol. The third kappa shape index (κ3) is 194. The van der Waals surface area contributed by atoms with Crippen LogP contribution in [-0.2, 0) is 16.7 Å².